The monoisotopic (exact) mass is 328 g/mol. The van der Waals surface area contributed by atoms with Gasteiger partial charge in [0.15, 0.2) is 11.5 Å². The number of hydrogen-bond donors (Lipinski definition) is 1. The maximum atomic E-state index is 12.8. The van der Waals surface area contributed by atoms with Gasteiger partial charge < -0.3 is 20.1 Å². The Kier molecular flexibility index (Phi) is 6.97. The second-order valence-electron chi connectivity index (χ2n) is 5.49. The first-order valence-electron chi connectivity index (χ1n) is 7.35. The first-order chi connectivity index (χ1) is 10.1. The minimum atomic E-state index is 0. The summed E-state index contributed by atoms with van der Waals surface area (Å²) in [6.07, 6.45) is 2.15. The molecule has 2 atom stereocenters. The van der Waals surface area contributed by atoms with Gasteiger partial charge in [-0.25, -0.2) is 0 Å². The molecule has 1 aliphatic heterocycles. The largest absolute Gasteiger partial charge is 0.493 e. The number of methoxy groups -OCH3 is 2. The van der Waals surface area contributed by atoms with Crippen molar-refractivity contribution in [2.45, 2.75) is 25.8 Å². The van der Waals surface area contributed by atoms with Crippen LogP contribution in [0.5, 0.6) is 11.5 Å². The van der Waals surface area contributed by atoms with Gasteiger partial charge in [0.05, 0.1) is 14.2 Å². The summed E-state index contributed by atoms with van der Waals surface area (Å²) in [4.78, 5) is 14.7. The molecule has 0 radical (unpaired) electrons. The molecule has 0 aliphatic carbocycles. The van der Waals surface area contributed by atoms with Crippen molar-refractivity contribution in [3.8, 4) is 11.5 Å². The zero-order chi connectivity index (χ0) is 15.4. The molecule has 1 amide bonds. The number of amides is 1. The molecular weight excluding hydrogens is 304 g/mol. The Bertz CT molecular complexity index is 510. The number of piperidine rings is 1. The summed E-state index contributed by atoms with van der Waals surface area (Å²) in [5.41, 5.74) is 6.47. The van der Waals surface area contributed by atoms with Gasteiger partial charge in [-0.3, -0.25) is 4.79 Å². The third-order valence-electron chi connectivity index (χ3n) is 4.25. The summed E-state index contributed by atoms with van der Waals surface area (Å²) in [6.45, 7) is 3.42. The maximum Gasteiger partial charge on any atom is 0.254 e. The second kappa shape index (κ2) is 8.25. The Morgan fingerprint density at radius 3 is 2.59 bits per heavy atom. The minimum Gasteiger partial charge on any atom is -0.493 e. The number of benzene rings is 1. The molecule has 0 saturated carbocycles. The summed E-state index contributed by atoms with van der Waals surface area (Å²) in [5, 5.41) is 0. The van der Waals surface area contributed by atoms with Crippen LogP contribution in [-0.4, -0.2) is 44.2 Å². The lowest BCUT2D eigenvalue weighted by atomic mass is 9.90. The van der Waals surface area contributed by atoms with Gasteiger partial charge in [0.2, 0.25) is 0 Å². The van der Waals surface area contributed by atoms with Gasteiger partial charge in [-0.2, -0.15) is 0 Å². The van der Waals surface area contributed by atoms with Gasteiger partial charge in [-0.1, -0.05) is 6.92 Å². The van der Waals surface area contributed by atoms with E-state index >= 15 is 0 Å². The van der Waals surface area contributed by atoms with Gasteiger partial charge in [-0.05, 0) is 37.0 Å². The van der Waals surface area contributed by atoms with E-state index < -0.39 is 0 Å². The van der Waals surface area contributed by atoms with E-state index in [-0.39, 0.29) is 24.4 Å². The Hall–Kier alpha value is -1.46. The lowest BCUT2D eigenvalue weighted by molar-refractivity contribution is 0.0532. The summed E-state index contributed by atoms with van der Waals surface area (Å²) in [6, 6.07) is 5.38. The van der Waals surface area contributed by atoms with E-state index in [1.807, 2.05) is 4.90 Å². The Morgan fingerprint density at radius 1 is 1.32 bits per heavy atom. The van der Waals surface area contributed by atoms with E-state index in [4.69, 9.17) is 15.2 Å². The quantitative estimate of drug-likeness (QED) is 0.921. The molecule has 1 heterocycles. The smallest absolute Gasteiger partial charge is 0.254 e. The third-order valence-corrected chi connectivity index (χ3v) is 4.25. The third kappa shape index (κ3) is 3.65. The summed E-state index contributed by atoms with van der Waals surface area (Å²) in [5.74, 6) is 1.64. The van der Waals surface area contributed by atoms with Crippen LogP contribution in [0.25, 0.3) is 0 Å². The number of hydrogen-bond acceptors (Lipinski definition) is 4. The van der Waals surface area contributed by atoms with Crippen molar-refractivity contribution >= 4 is 18.3 Å². The molecule has 22 heavy (non-hydrogen) atoms. The number of likely N-dealkylation sites (tertiary alicyclic amines) is 1. The van der Waals surface area contributed by atoms with Gasteiger partial charge in [0.1, 0.15) is 0 Å². The Labute approximate surface area is 138 Å². The average molecular weight is 329 g/mol. The fourth-order valence-electron chi connectivity index (χ4n) is 3.00. The van der Waals surface area contributed by atoms with E-state index in [1.165, 1.54) is 0 Å². The van der Waals surface area contributed by atoms with Gasteiger partial charge in [-0.15, -0.1) is 12.4 Å². The second-order valence-corrected chi connectivity index (χ2v) is 5.49. The number of ether oxygens (including phenoxy) is 2. The van der Waals surface area contributed by atoms with Crippen molar-refractivity contribution in [3.05, 3.63) is 23.8 Å². The van der Waals surface area contributed by atoms with Crippen LogP contribution < -0.4 is 15.2 Å². The van der Waals surface area contributed by atoms with Crippen molar-refractivity contribution in [2.75, 3.05) is 27.3 Å². The van der Waals surface area contributed by atoms with Gasteiger partial charge in [0, 0.05) is 24.7 Å². The highest BCUT2D eigenvalue weighted by atomic mass is 35.5. The molecule has 2 unspecified atom stereocenters. The average Bonchev–Trinajstić information content (AvgIpc) is 2.53. The van der Waals surface area contributed by atoms with Crippen LogP contribution in [0.2, 0.25) is 0 Å². The van der Waals surface area contributed by atoms with Crippen molar-refractivity contribution in [2.24, 2.45) is 11.7 Å². The molecular formula is C16H25ClN2O3. The normalized spacial score (nSPS) is 21.0. The molecule has 5 nitrogen and oxygen atoms in total. The molecule has 1 fully saturated rings. The molecule has 1 aromatic rings. The molecule has 1 aliphatic rings. The minimum absolute atomic E-state index is 0. The summed E-state index contributed by atoms with van der Waals surface area (Å²) in [7, 11) is 3.15. The van der Waals surface area contributed by atoms with Crippen LogP contribution in [0.3, 0.4) is 0 Å². The highest BCUT2D eigenvalue weighted by Gasteiger charge is 2.31. The number of nitrogens with two attached hydrogens (primary N) is 1. The molecule has 1 saturated heterocycles. The van der Waals surface area contributed by atoms with Crippen LogP contribution in [0.15, 0.2) is 18.2 Å². The zero-order valence-electron chi connectivity index (χ0n) is 13.4. The summed E-state index contributed by atoms with van der Waals surface area (Å²) < 4.78 is 10.5. The molecule has 2 rings (SSSR count). The lowest BCUT2D eigenvalue weighted by Gasteiger charge is -2.39. The molecule has 1 aromatic carbocycles. The fraction of sp³-hybridized carbons (Fsp3) is 0.562. The molecule has 6 heteroatoms. The molecule has 0 spiro atoms. The van der Waals surface area contributed by atoms with E-state index in [0.717, 1.165) is 19.4 Å². The van der Waals surface area contributed by atoms with E-state index in [9.17, 15) is 4.79 Å². The molecule has 2 N–H and O–H groups in total. The summed E-state index contributed by atoms with van der Waals surface area (Å²) >= 11 is 0. The standard InChI is InChI=1S/C16H24N2O3.ClH/c1-11-5-4-8-18(13(11)10-17)16(19)12-6-7-14(20-2)15(9-12)21-3;/h6-7,9,11,13H,4-5,8,10,17H2,1-3H3;1H. The van der Waals surface area contributed by atoms with E-state index in [2.05, 4.69) is 6.92 Å². The van der Waals surface area contributed by atoms with Crippen molar-refractivity contribution in [1.82, 2.24) is 4.90 Å². The maximum absolute atomic E-state index is 12.8. The van der Waals surface area contributed by atoms with Crippen molar-refractivity contribution in [1.29, 1.82) is 0 Å². The van der Waals surface area contributed by atoms with Crippen molar-refractivity contribution in [3.63, 3.8) is 0 Å². The van der Waals surface area contributed by atoms with Crippen LogP contribution in [0, 0.1) is 5.92 Å². The number of rotatable bonds is 4. The van der Waals surface area contributed by atoms with Crippen LogP contribution in [0.1, 0.15) is 30.1 Å². The van der Waals surface area contributed by atoms with Crippen LogP contribution in [-0.2, 0) is 0 Å². The predicted octanol–water partition coefficient (Wildman–Crippen LogP) is 2.33. The fourth-order valence-corrected chi connectivity index (χ4v) is 3.00. The highest BCUT2D eigenvalue weighted by Crippen LogP contribution is 2.30. The molecule has 0 bridgehead atoms. The Morgan fingerprint density at radius 2 is 2.00 bits per heavy atom. The Balaban J connectivity index is 0.00000242. The molecule has 124 valence electrons. The van der Waals surface area contributed by atoms with E-state index in [1.54, 1.807) is 32.4 Å². The lowest BCUT2D eigenvalue weighted by Crippen LogP contribution is -2.51. The van der Waals surface area contributed by atoms with Gasteiger partial charge in [0.25, 0.3) is 5.91 Å². The molecule has 0 aromatic heterocycles. The van der Waals surface area contributed by atoms with Gasteiger partial charge >= 0.3 is 0 Å². The zero-order valence-corrected chi connectivity index (χ0v) is 14.2. The van der Waals surface area contributed by atoms with E-state index in [0.29, 0.717) is 29.5 Å². The number of halogens is 1. The predicted molar refractivity (Wildman–Crippen MR) is 89.1 cm³/mol. The van der Waals surface area contributed by atoms with Crippen LogP contribution >= 0.6 is 12.4 Å². The topological polar surface area (TPSA) is 64.8 Å². The first kappa shape index (κ1) is 18.6. The highest BCUT2D eigenvalue weighted by molar-refractivity contribution is 5.95. The first-order valence-corrected chi connectivity index (χ1v) is 7.35. The number of carbonyl (C=O) groups excluding carboxylic acids is 1. The number of nitrogens with zero attached hydrogens (tertiary/aromatic N) is 1. The number of carbonyl (C=O) groups is 1. The van der Waals surface area contributed by atoms with Crippen molar-refractivity contribution < 1.29 is 14.3 Å². The SMILES string of the molecule is COc1ccc(C(=O)N2CCCC(C)C2CN)cc1OC.Cl. The van der Waals surface area contributed by atoms with Crippen LogP contribution in [0.4, 0.5) is 0 Å².